The highest BCUT2D eigenvalue weighted by molar-refractivity contribution is 9.09. The molecule has 0 unspecified atom stereocenters. The Morgan fingerprint density at radius 3 is 2.09 bits per heavy atom. The summed E-state index contributed by atoms with van der Waals surface area (Å²) >= 11 is 3.64. The summed E-state index contributed by atoms with van der Waals surface area (Å²) in [5.41, 5.74) is 0. The first kappa shape index (κ1) is 11.4. The summed E-state index contributed by atoms with van der Waals surface area (Å²) in [6.07, 6.45) is 5.19. The van der Waals surface area contributed by atoms with Gasteiger partial charge in [-0.25, -0.2) is 0 Å². The molecule has 0 aromatic heterocycles. The third kappa shape index (κ3) is 4.81. The van der Waals surface area contributed by atoms with E-state index in [1.807, 2.05) is 0 Å². The molecule has 2 heteroatoms. The van der Waals surface area contributed by atoms with Crippen molar-refractivity contribution in [1.82, 2.24) is 0 Å². The van der Waals surface area contributed by atoms with Crippen molar-refractivity contribution in [2.24, 2.45) is 0 Å². The molecular formula is C9H19BrO. The summed E-state index contributed by atoms with van der Waals surface area (Å²) in [6, 6.07) is 0. The quantitative estimate of drug-likeness (QED) is 0.627. The van der Waals surface area contributed by atoms with Crippen molar-refractivity contribution in [3.8, 4) is 0 Å². The number of hydrogen-bond acceptors (Lipinski definition) is 1. The van der Waals surface area contributed by atoms with Gasteiger partial charge in [0.1, 0.15) is 0 Å². The van der Waals surface area contributed by atoms with E-state index in [4.69, 9.17) is 4.74 Å². The van der Waals surface area contributed by atoms with Crippen LogP contribution < -0.4 is 0 Å². The number of hydrogen-bond donors (Lipinski definition) is 0. The van der Waals surface area contributed by atoms with Gasteiger partial charge in [-0.05, 0) is 12.8 Å². The van der Waals surface area contributed by atoms with Gasteiger partial charge in [-0.2, -0.15) is 0 Å². The third-order valence-electron chi connectivity index (χ3n) is 1.84. The fraction of sp³-hybridized carbons (Fsp3) is 1.00. The second-order valence-corrected chi connectivity index (χ2v) is 4.04. The smallest absolute Gasteiger partial charge is 0.0696 e. The number of methoxy groups -OCH3 is 1. The van der Waals surface area contributed by atoms with Crippen LogP contribution in [0.4, 0.5) is 0 Å². The van der Waals surface area contributed by atoms with E-state index in [9.17, 15) is 0 Å². The van der Waals surface area contributed by atoms with Crippen LogP contribution in [0.3, 0.4) is 0 Å². The molecule has 68 valence electrons. The van der Waals surface area contributed by atoms with Crippen molar-refractivity contribution in [1.29, 1.82) is 0 Å². The number of rotatable bonds is 6. The van der Waals surface area contributed by atoms with Gasteiger partial charge in [0, 0.05) is 11.9 Å². The molecule has 11 heavy (non-hydrogen) atoms. The molecule has 1 nitrogen and oxygen atoms in total. The molecule has 0 aromatic rings. The first-order valence-corrected chi connectivity index (χ1v) is 5.34. The molecule has 0 heterocycles. The SMILES string of the molecule is CCC[C@@H](Br)[C@@H](CCC)OC. The molecule has 0 saturated carbocycles. The molecule has 0 rings (SSSR count). The lowest BCUT2D eigenvalue weighted by Gasteiger charge is -2.19. The van der Waals surface area contributed by atoms with Crippen molar-refractivity contribution in [2.45, 2.75) is 50.5 Å². The maximum atomic E-state index is 5.36. The molecule has 2 atom stereocenters. The Hall–Kier alpha value is 0.440. The highest BCUT2D eigenvalue weighted by Crippen LogP contribution is 2.18. The normalized spacial score (nSPS) is 16.4. The van der Waals surface area contributed by atoms with Gasteiger partial charge in [0.15, 0.2) is 0 Å². The van der Waals surface area contributed by atoms with Crippen molar-refractivity contribution in [3.05, 3.63) is 0 Å². The lowest BCUT2D eigenvalue weighted by Crippen LogP contribution is -2.22. The Balaban J connectivity index is 3.61. The van der Waals surface area contributed by atoms with Crippen molar-refractivity contribution in [3.63, 3.8) is 0 Å². The van der Waals surface area contributed by atoms with Crippen LogP contribution in [0, 0.1) is 0 Å². The molecule has 0 radical (unpaired) electrons. The third-order valence-corrected chi connectivity index (χ3v) is 2.89. The number of alkyl halides is 1. The fourth-order valence-electron chi connectivity index (χ4n) is 1.19. The van der Waals surface area contributed by atoms with Crippen LogP contribution in [0.2, 0.25) is 0 Å². The van der Waals surface area contributed by atoms with Crippen LogP contribution in [0.1, 0.15) is 39.5 Å². The van der Waals surface area contributed by atoms with Crippen LogP contribution in [0.5, 0.6) is 0 Å². The Morgan fingerprint density at radius 1 is 1.18 bits per heavy atom. The maximum Gasteiger partial charge on any atom is 0.0696 e. The number of halogens is 1. The standard InChI is InChI=1S/C9H19BrO/c1-4-6-8(10)9(11-3)7-5-2/h8-9H,4-7H2,1-3H3/t8-,9-/m1/s1. The maximum absolute atomic E-state index is 5.36. The van der Waals surface area contributed by atoms with E-state index in [1.165, 1.54) is 19.3 Å². The van der Waals surface area contributed by atoms with Gasteiger partial charge in [0.25, 0.3) is 0 Å². The minimum absolute atomic E-state index is 0.403. The zero-order valence-corrected chi connectivity index (χ0v) is 9.36. The lowest BCUT2D eigenvalue weighted by molar-refractivity contribution is 0.0919. The topological polar surface area (TPSA) is 9.23 Å². The molecule has 0 aliphatic rings. The van der Waals surface area contributed by atoms with Gasteiger partial charge < -0.3 is 4.74 Å². The second-order valence-electron chi connectivity index (χ2n) is 2.87. The Bertz CT molecular complexity index is 85.6. The largest absolute Gasteiger partial charge is 0.380 e. The van der Waals surface area contributed by atoms with E-state index in [0.717, 1.165) is 6.42 Å². The van der Waals surface area contributed by atoms with E-state index in [0.29, 0.717) is 10.9 Å². The molecule has 0 N–H and O–H groups in total. The molecule has 0 fully saturated rings. The summed E-state index contributed by atoms with van der Waals surface area (Å²) in [6.45, 7) is 4.39. The highest BCUT2D eigenvalue weighted by Gasteiger charge is 2.15. The second kappa shape index (κ2) is 7.11. The van der Waals surface area contributed by atoms with Crippen molar-refractivity contribution in [2.75, 3.05) is 7.11 Å². The van der Waals surface area contributed by atoms with Crippen LogP contribution in [-0.2, 0) is 4.74 Å². The zero-order chi connectivity index (χ0) is 8.69. The fourth-order valence-corrected chi connectivity index (χ4v) is 2.13. The Morgan fingerprint density at radius 2 is 1.73 bits per heavy atom. The lowest BCUT2D eigenvalue weighted by atomic mass is 10.1. The summed E-state index contributed by atoms with van der Waals surface area (Å²) in [5, 5.41) is 0. The minimum Gasteiger partial charge on any atom is -0.380 e. The van der Waals surface area contributed by atoms with E-state index in [-0.39, 0.29) is 0 Å². The van der Waals surface area contributed by atoms with E-state index >= 15 is 0 Å². The van der Waals surface area contributed by atoms with E-state index in [2.05, 4.69) is 29.8 Å². The van der Waals surface area contributed by atoms with Crippen LogP contribution in [0.15, 0.2) is 0 Å². The van der Waals surface area contributed by atoms with Crippen molar-refractivity contribution < 1.29 is 4.74 Å². The highest BCUT2D eigenvalue weighted by atomic mass is 79.9. The monoisotopic (exact) mass is 222 g/mol. The first-order valence-electron chi connectivity index (χ1n) is 4.43. The Kier molecular flexibility index (Phi) is 7.39. The molecule has 0 bridgehead atoms. The zero-order valence-electron chi connectivity index (χ0n) is 7.77. The van der Waals surface area contributed by atoms with Gasteiger partial charge >= 0.3 is 0 Å². The molecule has 0 aliphatic carbocycles. The molecule has 0 aliphatic heterocycles. The van der Waals surface area contributed by atoms with Gasteiger partial charge in [-0.3, -0.25) is 0 Å². The van der Waals surface area contributed by atoms with E-state index in [1.54, 1.807) is 7.11 Å². The predicted octanol–water partition coefficient (Wildman–Crippen LogP) is 3.37. The van der Waals surface area contributed by atoms with Crippen LogP contribution in [0.25, 0.3) is 0 Å². The van der Waals surface area contributed by atoms with Gasteiger partial charge in [0.05, 0.1) is 6.10 Å². The summed E-state index contributed by atoms with van der Waals surface area (Å²) in [4.78, 5) is 0.539. The minimum atomic E-state index is 0.403. The molecular weight excluding hydrogens is 204 g/mol. The summed E-state index contributed by atoms with van der Waals surface area (Å²) < 4.78 is 5.36. The van der Waals surface area contributed by atoms with Gasteiger partial charge in [-0.1, -0.05) is 42.6 Å². The predicted molar refractivity (Wildman–Crippen MR) is 53.3 cm³/mol. The van der Waals surface area contributed by atoms with Crippen molar-refractivity contribution >= 4 is 15.9 Å². The van der Waals surface area contributed by atoms with Gasteiger partial charge in [0.2, 0.25) is 0 Å². The molecule has 0 amide bonds. The average Bonchev–Trinajstić information content (AvgIpc) is 2.00. The average molecular weight is 223 g/mol. The van der Waals surface area contributed by atoms with Crippen LogP contribution in [-0.4, -0.2) is 18.0 Å². The summed E-state index contributed by atoms with van der Waals surface area (Å²) in [7, 11) is 1.80. The molecule has 0 aromatic carbocycles. The Labute approximate surface area is 78.6 Å². The van der Waals surface area contributed by atoms with Gasteiger partial charge in [-0.15, -0.1) is 0 Å². The van der Waals surface area contributed by atoms with Crippen LogP contribution >= 0.6 is 15.9 Å². The molecule has 0 spiro atoms. The first-order chi connectivity index (χ1) is 5.26. The summed E-state index contributed by atoms with van der Waals surface area (Å²) in [5.74, 6) is 0. The van der Waals surface area contributed by atoms with E-state index < -0.39 is 0 Å². The molecule has 0 saturated heterocycles. The number of ether oxygens (including phenoxy) is 1.